The molecule has 0 saturated carbocycles. The molecule has 4 heteroatoms. The van der Waals surface area contributed by atoms with E-state index < -0.39 is 0 Å². The normalized spacial score (nSPS) is 20.1. The lowest BCUT2D eigenvalue weighted by atomic mass is 9.88. The molecule has 1 atom stereocenters. The average molecular weight is 377 g/mol. The zero-order valence-electron chi connectivity index (χ0n) is 16.2. The van der Waals surface area contributed by atoms with Crippen molar-refractivity contribution >= 4 is 11.5 Å². The molecule has 0 N–H and O–H groups in total. The van der Waals surface area contributed by atoms with E-state index in [1.54, 1.807) is 0 Å². The molecule has 0 amide bonds. The van der Waals surface area contributed by atoms with E-state index in [1.165, 1.54) is 22.3 Å². The highest BCUT2D eigenvalue weighted by molar-refractivity contribution is 5.82. The molecule has 0 unspecified atom stereocenters. The van der Waals surface area contributed by atoms with E-state index in [1.807, 2.05) is 0 Å². The van der Waals surface area contributed by atoms with Crippen LogP contribution < -0.4 is 0 Å². The van der Waals surface area contributed by atoms with Gasteiger partial charge in [0.1, 0.15) is 6.10 Å². The Morgan fingerprint density at radius 3 is 2.11 bits per heavy atom. The van der Waals surface area contributed by atoms with Crippen LogP contribution in [0.2, 0.25) is 0 Å². The first-order chi connectivity index (χ1) is 13.8. The van der Waals surface area contributed by atoms with E-state index >= 15 is 0 Å². The third-order valence-corrected chi connectivity index (χ3v) is 5.48. The second-order valence-corrected chi connectivity index (χ2v) is 7.46. The summed E-state index contributed by atoms with van der Waals surface area (Å²) >= 11 is 0. The van der Waals surface area contributed by atoms with Gasteiger partial charge in [0.05, 0.1) is 19.8 Å². The molecule has 2 aliphatic rings. The predicted molar refractivity (Wildman–Crippen MR) is 110 cm³/mol. The number of hydrogen-bond acceptors (Lipinski definition) is 4. The fourth-order valence-corrected chi connectivity index (χ4v) is 4.03. The van der Waals surface area contributed by atoms with Gasteiger partial charge >= 0.3 is 5.97 Å². The molecular weight excluding hydrogens is 350 g/mol. The summed E-state index contributed by atoms with van der Waals surface area (Å²) in [5.74, 6) is -0.130. The van der Waals surface area contributed by atoms with E-state index in [9.17, 15) is 4.79 Å². The van der Waals surface area contributed by atoms with Crippen LogP contribution in [0.4, 0.5) is 0 Å². The van der Waals surface area contributed by atoms with Crippen LogP contribution in [0.3, 0.4) is 0 Å². The van der Waals surface area contributed by atoms with E-state index in [-0.39, 0.29) is 12.1 Å². The zero-order valence-corrected chi connectivity index (χ0v) is 16.2. The van der Waals surface area contributed by atoms with Crippen LogP contribution in [0, 0.1) is 0 Å². The van der Waals surface area contributed by atoms with Crippen molar-refractivity contribution in [2.45, 2.75) is 25.4 Å². The topological polar surface area (TPSA) is 38.8 Å². The number of hydrogen-bond donors (Lipinski definition) is 0. The monoisotopic (exact) mass is 377 g/mol. The fraction of sp³-hybridized carbons (Fsp3) is 0.375. The van der Waals surface area contributed by atoms with Gasteiger partial charge in [-0.3, -0.25) is 9.69 Å². The van der Waals surface area contributed by atoms with Crippen molar-refractivity contribution in [1.82, 2.24) is 4.90 Å². The Bertz CT molecular complexity index is 759. The van der Waals surface area contributed by atoms with E-state index in [4.69, 9.17) is 9.47 Å². The van der Waals surface area contributed by atoms with Crippen molar-refractivity contribution in [3.05, 3.63) is 77.4 Å². The summed E-state index contributed by atoms with van der Waals surface area (Å²) in [7, 11) is 0. The zero-order chi connectivity index (χ0) is 19.2. The maximum absolute atomic E-state index is 12.2. The molecule has 0 bridgehead atoms. The van der Waals surface area contributed by atoms with Crippen molar-refractivity contribution in [2.75, 3.05) is 32.8 Å². The molecule has 2 fully saturated rings. The summed E-state index contributed by atoms with van der Waals surface area (Å²) < 4.78 is 10.8. The van der Waals surface area contributed by atoms with Gasteiger partial charge in [-0.15, -0.1) is 0 Å². The van der Waals surface area contributed by atoms with Crippen molar-refractivity contribution in [3.8, 4) is 0 Å². The molecule has 0 radical (unpaired) electrons. The van der Waals surface area contributed by atoms with Crippen LogP contribution in [0.25, 0.3) is 5.57 Å². The number of rotatable bonds is 5. The third kappa shape index (κ3) is 4.70. The Kier molecular flexibility index (Phi) is 6.20. The lowest BCUT2D eigenvalue weighted by Crippen LogP contribution is -2.37. The molecule has 0 aromatic heterocycles. The second kappa shape index (κ2) is 9.18. The molecule has 2 aromatic carbocycles. The van der Waals surface area contributed by atoms with Gasteiger partial charge in [-0.1, -0.05) is 66.2 Å². The summed E-state index contributed by atoms with van der Waals surface area (Å²) in [6, 6.07) is 21.2. The van der Waals surface area contributed by atoms with Crippen molar-refractivity contribution < 1.29 is 14.3 Å². The van der Waals surface area contributed by atoms with Crippen LogP contribution in [0.15, 0.2) is 66.2 Å². The molecule has 0 spiro atoms. The minimum Gasteiger partial charge on any atom is -0.459 e. The number of ether oxygens (including phenoxy) is 2. The number of esters is 1. The summed E-state index contributed by atoms with van der Waals surface area (Å²) in [6.45, 7) is 3.37. The Hall–Kier alpha value is -2.43. The first-order valence-electron chi connectivity index (χ1n) is 10.1. The second-order valence-electron chi connectivity index (χ2n) is 7.46. The summed E-state index contributed by atoms with van der Waals surface area (Å²) in [5.41, 5.74) is 5.33. The Balaban J connectivity index is 1.44. The summed E-state index contributed by atoms with van der Waals surface area (Å²) in [5, 5.41) is 0. The van der Waals surface area contributed by atoms with Gasteiger partial charge in [-0.05, 0) is 29.5 Å². The quantitative estimate of drug-likeness (QED) is 0.741. The molecule has 4 nitrogen and oxygen atoms in total. The summed E-state index contributed by atoms with van der Waals surface area (Å²) in [4.78, 5) is 14.4. The van der Waals surface area contributed by atoms with Crippen LogP contribution in [0.5, 0.6) is 0 Å². The summed E-state index contributed by atoms with van der Waals surface area (Å²) in [6.07, 6.45) is 2.70. The Labute approximate surface area is 166 Å². The minimum atomic E-state index is -0.130. The van der Waals surface area contributed by atoms with Crippen molar-refractivity contribution in [2.24, 2.45) is 0 Å². The standard InChI is InChI=1S/C24H27NO3/c26-23(28-22-13-16-27-18-22)17-25-14-11-21(12-15-25)24(19-7-3-1-4-8-19)20-9-5-2-6-10-20/h1-10,22H,11-18H2/t22-/m0/s1. The van der Waals surface area contributed by atoms with Crippen molar-refractivity contribution in [3.63, 3.8) is 0 Å². The van der Waals surface area contributed by atoms with Gasteiger partial charge in [0.2, 0.25) is 0 Å². The molecule has 2 saturated heterocycles. The maximum Gasteiger partial charge on any atom is 0.320 e. The van der Waals surface area contributed by atoms with Crippen molar-refractivity contribution in [1.29, 1.82) is 0 Å². The molecule has 2 aromatic rings. The molecule has 28 heavy (non-hydrogen) atoms. The smallest absolute Gasteiger partial charge is 0.320 e. The highest BCUT2D eigenvalue weighted by atomic mass is 16.6. The molecule has 146 valence electrons. The van der Waals surface area contributed by atoms with Crippen LogP contribution in [-0.4, -0.2) is 49.8 Å². The highest BCUT2D eigenvalue weighted by Crippen LogP contribution is 2.32. The van der Waals surface area contributed by atoms with Crippen LogP contribution in [0.1, 0.15) is 30.4 Å². The number of carbonyl (C=O) groups excluding carboxylic acids is 1. The van der Waals surface area contributed by atoms with Gasteiger partial charge in [0.25, 0.3) is 0 Å². The molecule has 0 aliphatic carbocycles. The van der Waals surface area contributed by atoms with Gasteiger partial charge < -0.3 is 9.47 Å². The molecule has 4 rings (SSSR count). The number of piperidine rings is 1. The minimum absolute atomic E-state index is 0.0597. The Morgan fingerprint density at radius 1 is 0.964 bits per heavy atom. The predicted octanol–water partition coefficient (Wildman–Crippen LogP) is 3.92. The SMILES string of the molecule is O=C(CN1CCC(=C(c2ccccc2)c2ccccc2)CC1)O[C@H]1CCOC1. The average Bonchev–Trinajstić information content (AvgIpc) is 3.24. The van der Waals surface area contributed by atoms with E-state index in [0.717, 1.165) is 32.4 Å². The van der Waals surface area contributed by atoms with E-state index in [0.29, 0.717) is 19.8 Å². The number of benzene rings is 2. The van der Waals surface area contributed by atoms with E-state index in [2.05, 4.69) is 65.6 Å². The van der Waals surface area contributed by atoms with Crippen LogP contribution >= 0.6 is 0 Å². The number of likely N-dealkylation sites (tertiary alicyclic amines) is 1. The fourth-order valence-electron chi connectivity index (χ4n) is 4.03. The van der Waals surface area contributed by atoms with Gasteiger partial charge in [0.15, 0.2) is 0 Å². The maximum atomic E-state index is 12.2. The number of carbonyl (C=O) groups is 1. The first-order valence-corrected chi connectivity index (χ1v) is 10.1. The van der Waals surface area contributed by atoms with Crippen LogP contribution in [-0.2, 0) is 14.3 Å². The largest absolute Gasteiger partial charge is 0.459 e. The van der Waals surface area contributed by atoms with Gasteiger partial charge in [-0.25, -0.2) is 0 Å². The van der Waals surface area contributed by atoms with Gasteiger partial charge in [-0.2, -0.15) is 0 Å². The number of nitrogens with zero attached hydrogens (tertiary/aromatic N) is 1. The third-order valence-electron chi connectivity index (χ3n) is 5.48. The lowest BCUT2D eigenvalue weighted by molar-refractivity contribution is -0.150. The molecular formula is C24H27NO3. The molecule has 2 heterocycles. The lowest BCUT2D eigenvalue weighted by Gasteiger charge is -2.29. The highest BCUT2D eigenvalue weighted by Gasteiger charge is 2.24. The first kappa shape index (κ1) is 18.9. The molecule has 2 aliphatic heterocycles. The Morgan fingerprint density at radius 2 is 1.57 bits per heavy atom. The van der Waals surface area contributed by atoms with Gasteiger partial charge in [0, 0.05) is 19.5 Å².